The van der Waals surface area contributed by atoms with Crippen LogP contribution in [0.15, 0.2) is 54.6 Å². The van der Waals surface area contributed by atoms with Crippen molar-refractivity contribution in [3.05, 3.63) is 71.3 Å². The van der Waals surface area contributed by atoms with Crippen molar-refractivity contribution in [1.82, 2.24) is 5.32 Å². The van der Waals surface area contributed by atoms with Gasteiger partial charge in [0, 0.05) is 5.56 Å². The molecule has 4 nitrogen and oxygen atoms in total. The molecule has 126 valence electrons. The second-order valence-corrected chi connectivity index (χ2v) is 5.51. The van der Waals surface area contributed by atoms with Crippen molar-refractivity contribution >= 4 is 11.8 Å². The fourth-order valence-electron chi connectivity index (χ4n) is 2.36. The molecule has 0 spiro atoms. The third-order valence-electron chi connectivity index (χ3n) is 3.65. The first-order valence-electron chi connectivity index (χ1n) is 8.21. The molecule has 0 amide bonds. The van der Waals surface area contributed by atoms with E-state index in [0.717, 1.165) is 24.1 Å². The first-order chi connectivity index (χ1) is 11.7. The van der Waals surface area contributed by atoms with Crippen LogP contribution in [0.4, 0.5) is 0 Å². The van der Waals surface area contributed by atoms with Crippen molar-refractivity contribution in [2.45, 2.75) is 19.8 Å². The van der Waals surface area contributed by atoms with Crippen LogP contribution in [0.3, 0.4) is 0 Å². The molecule has 0 radical (unpaired) electrons. The van der Waals surface area contributed by atoms with Crippen LogP contribution in [0.1, 0.15) is 28.4 Å². The number of benzene rings is 2. The molecule has 2 aromatic rings. The molecule has 0 aliphatic rings. The largest absolute Gasteiger partial charge is 0.466 e. The average Bonchev–Trinajstić information content (AvgIpc) is 2.61. The summed E-state index contributed by atoms with van der Waals surface area (Å²) < 4.78 is 4.93. The molecule has 0 bridgehead atoms. The average molecular weight is 325 g/mol. The lowest BCUT2D eigenvalue weighted by Gasteiger charge is -2.06. The quantitative estimate of drug-likeness (QED) is 0.438. The summed E-state index contributed by atoms with van der Waals surface area (Å²) in [5.41, 5.74) is 2.85. The summed E-state index contributed by atoms with van der Waals surface area (Å²) in [6.45, 7) is 3.28. The Morgan fingerprint density at radius 2 is 1.62 bits per heavy atom. The van der Waals surface area contributed by atoms with E-state index in [1.807, 2.05) is 54.6 Å². The Kier molecular flexibility index (Phi) is 7.18. The van der Waals surface area contributed by atoms with E-state index in [-0.39, 0.29) is 11.8 Å². The van der Waals surface area contributed by atoms with Crippen LogP contribution >= 0.6 is 0 Å². The lowest BCUT2D eigenvalue weighted by atomic mass is 10.1. The summed E-state index contributed by atoms with van der Waals surface area (Å²) in [7, 11) is 0. The van der Waals surface area contributed by atoms with Gasteiger partial charge in [0.25, 0.3) is 0 Å². The van der Waals surface area contributed by atoms with Crippen molar-refractivity contribution in [3.8, 4) is 0 Å². The molecule has 0 unspecified atom stereocenters. The molecule has 0 fully saturated rings. The highest BCUT2D eigenvalue weighted by atomic mass is 16.5. The standard InChI is InChI=1S/C20H23NO3/c1-2-24-20(23)14-17-10-8-16(9-11-17)12-13-21-15-19(22)18-6-4-3-5-7-18/h3-11,21H,2,12-15H2,1H3. The fraction of sp³-hybridized carbons (Fsp3) is 0.300. The predicted molar refractivity (Wildman–Crippen MR) is 94.1 cm³/mol. The Bertz CT molecular complexity index is 650. The maximum absolute atomic E-state index is 12.0. The molecule has 0 atom stereocenters. The van der Waals surface area contributed by atoms with E-state index >= 15 is 0 Å². The molecule has 0 heterocycles. The van der Waals surface area contributed by atoms with E-state index < -0.39 is 0 Å². The summed E-state index contributed by atoms with van der Waals surface area (Å²) in [6, 6.07) is 17.2. The minimum atomic E-state index is -0.202. The third kappa shape index (κ3) is 5.97. The van der Waals surface area contributed by atoms with Crippen LogP contribution < -0.4 is 5.32 Å². The number of carbonyl (C=O) groups excluding carboxylic acids is 2. The first kappa shape index (κ1) is 17.9. The van der Waals surface area contributed by atoms with E-state index in [1.165, 1.54) is 5.56 Å². The molecule has 0 aliphatic carbocycles. The minimum Gasteiger partial charge on any atom is -0.466 e. The van der Waals surface area contributed by atoms with Gasteiger partial charge in [-0.05, 0) is 31.0 Å². The SMILES string of the molecule is CCOC(=O)Cc1ccc(CCNCC(=O)c2ccccc2)cc1. The number of esters is 1. The van der Waals surface area contributed by atoms with Gasteiger partial charge in [-0.25, -0.2) is 0 Å². The van der Waals surface area contributed by atoms with Gasteiger partial charge in [-0.1, -0.05) is 54.6 Å². The molecule has 24 heavy (non-hydrogen) atoms. The van der Waals surface area contributed by atoms with Gasteiger partial charge in [-0.15, -0.1) is 0 Å². The van der Waals surface area contributed by atoms with Gasteiger partial charge in [0.2, 0.25) is 0 Å². The summed E-state index contributed by atoms with van der Waals surface area (Å²) in [6.07, 6.45) is 1.14. The van der Waals surface area contributed by atoms with Crippen molar-refractivity contribution in [1.29, 1.82) is 0 Å². The van der Waals surface area contributed by atoms with Crippen LogP contribution in [-0.4, -0.2) is 31.4 Å². The normalized spacial score (nSPS) is 10.4. The maximum Gasteiger partial charge on any atom is 0.310 e. The topological polar surface area (TPSA) is 55.4 Å². The monoisotopic (exact) mass is 325 g/mol. The summed E-state index contributed by atoms with van der Waals surface area (Å²) in [5.74, 6) is -0.105. The van der Waals surface area contributed by atoms with Crippen molar-refractivity contribution < 1.29 is 14.3 Å². The van der Waals surface area contributed by atoms with Crippen LogP contribution in [0.2, 0.25) is 0 Å². The minimum absolute atomic E-state index is 0.0976. The van der Waals surface area contributed by atoms with Crippen molar-refractivity contribution in [3.63, 3.8) is 0 Å². The molecule has 0 aliphatic heterocycles. The van der Waals surface area contributed by atoms with Crippen LogP contribution in [0, 0.1) is 0 Å². The summed E-state index contributed by atoms with van der Waals surface area (Å²) in [4.78, 5) is 23.4. The number of hydrogen-bond acceptors (Lipinski definition) is 4. The first-order valence-corrected chi connectivity index (χ1v) is 8.21. The molecule has 0 aromatic heterocycles. The van der Waals surface area contributed by atoms with Gasteiger partial charge in [0.1, 0.15) is 0 Å². The number of hydrogen-bond donors (Lipinski definition) is 1. The lowest BCUT2D eigenvalue weighted by molar-refractivity contribution is -0.142. The van der Waals surface area contributed by atoms with E-state index in [0.29, 0.717) is 19.6 Å². The van der Waals surface area contributed by atoms with E-state index in [4.69, 9.17) is 4.74 Å². The Morgan fingerprint density at radius 1 is 0.958 bits per heavy atom. The molecule has 1 N–H and O–H groups in total. The van der Waals surface area contributed by atoms with Crippen LogP contribution in [0.25, 0.3) is 0 Å². The molecule has 2 rings (SSSR count). The predicted octanol–water partition coefficient (Wildman–Crippen LogP) is 2.81. The maximum atomic E-state index is 12.0. The van der Waals surface area contributed by atoms with Gasteiger partial charge in [0.15, 0.2) is 5.78 Å². The Labute approximate surface area is 142 Å². The number of nitrogens with one attached hydrogen (secondary N) is 1. The van der Waals surface area contributed by atoms with Gasteiger partial charge < -0.3 is 10.1 Å². The van der Waals surface area contributed by atoms with Crippen LogP contribution in [0.5, 0.6) is 0 Å². The Morgan fingerprint density at radius 3 is 2.29 bits per heavy atom. The molecular formula is C20H23NO3. The van der Waals surface area contributed by atoms with Gasteiger partial charge in [-0.2, -0.15) is 0 Å². The van der Waals surface area contributed by atoms with E-state index in [1.54, 1.807) is 6.92 Å². The van der Waals surface area contributed by atoms with Crippen molar-refractivity contribution in [2.24, 2.45) is 0 Å². The molecular weight excluding hydrogens is 302 g/mol. The highest BCUT2D eigenvalue weighted by Crippen LogP contribution is 2.06. The fourth-order valence-corrected chi connectivity index (χ4v) is 2.36. The van der Waals surface area contributed by atoms with Gasteiger partial charge in [-0.3, -0.25) is 9.59 Å². The zero-order chi connectivity index (χ0) is 17.2. The second kappa shape index (κ2) is 9.63. The summed E-state index contributed by atoms with van der Waals surface area (Å²) in [5, 5.41) is 3.17. The van der Waals surface area contributed by atoms with Gasteiger partial charge >= 0.3 is 5.97 Å². The highest BCUT2D eigenvalue weighted by molar-refractivity contribution is 5.97. The number of rotatable bonds is 9. The smallest absolute Gasteiger partial charge is 0.310 e. The zero-order valence-electron chi connectivity index (χ0n) is 14.0. The zero-order valence-corrected chi connectivity index (χ0v) is 14.0. The number of ether oxygens (including phenoxy) is 1. The Balaban J connectivity index is 1.71. The number of Topliss-reactive ketones (excluding diaryl/α,β-unsaturated/α-hetero) is 1. The Hall–Kier alpha value is -2.46. The van der Waals surface area contributed by atoms with E-state index in [9.17, 15) is 9.59 Å². The molecule has 0 saturated heterocycles. The second-order valence-electron chi connectivity index (χ2n) is 5.51. The molecule has 0 saturated carbocycles. The highest BCUT2D eigenvalue weighted by Gasteiger charge is 2.05. The molecule has 2 aromatic carbocycles. The van der Waals surface area contributed by atoms with Crippen LogP contribution in [-0.2, 0) is 22.4 Å². The third-order valence-corrected chi connectivity index (χ3v) is 3.65. The number of carbonyl (C=O) groups is 2. The summed E-state index contributed by atoms with van der Waals surface area (Å²) >= 11 is 0. The van der Waals surface area contributed by atoms with E-state index in [2.05, 4.69) is 5.32 Å². The number of ketones is 1. The van der Waals surface area contributed by atoms with Crippen molar-refractivity contribution in [2.75, 3.05) is 19.7 Å². The lowest BCUT2D eigenvalue weighted by Crippen LogP contribution is -2.25. The molecule has 4 heteroatoms. The van der Waals surface area contributed by atoms with Gasteiger partial charge in [0.05, 0.1) is 19.6 Å².